The Kier molecular flexibility index (Phi) is 18.6. The second-order valence-corrected chi connectivity index (χ2v) is 13.3. The summed E-state index contributed by atoms with van der Waals surface area (Å²) in [5, 5.41) is 10.5. The van der Waals surface area contributed by atoms with Crippen molar-refractivity contribution in [1.82, 2.24) is 24.2 Å². The Morgan fingerprint density at radius 3 is 2.24 bits per heavy atom. The summed E-state index contributed by atoms with van der Waals surface area (Å²) in [6.45, 7) is 18.7. The van der Waals surface area contributed by atoms with E-state index in [0.717, 1.165) is 0 Å². The molecule has 58 heavy (non-hydrogen) atoms. The Morgan fingerprint density at radius 2 is 1.64 bits per heavy atom. The summed E-state index contributed by atoms with van der Waals surface area (Å²) < 4.78 is 25.3. The van der Waals surface area contributed by atoms with Gasteiger partial charge in [-0.1, -0.05) is 39.8 Å². The van der Waals surface area contributed by atoms with E-state index >= 15 is 0 Å². The number of allylic oxidation sites excluding steroid dienone is 1. The van der Waals surface area contributed by atoms with E-state index in [-0.39, 0.29) is 42.5 Å². The zero-order chi connectivity index (χ0) is 43.7. The summed E-state index contributed by atoms with van der Waals surface area (Å²) >= 11 is 0. The van der Waals surface area contributed by atoms with E-state index in [4.69, 9.17) is 30.4 Å². The molecule has 2 aromatic heterocycles. The molecule has 4 aromatic rings. The second kappa shape index (κ2) is 22.5. The number of nitrogens with two attached hydrogens (primary N) is 2. The molecule has 0 spiro atoms. The molecular weight excluding hydrogens is 747 g/mol. The van der Waals surface area contributed by atoms with Gasteiger partial charge in [0, 0.05) is 38.8 Å². The average Bonchev–Trinajstić information content (AvgIpc) is 3.75. The van der Waals surface area contributed by atoms with E-state index in [1.807, 2.05) is 46.8 Å². The van der Waals surface area contributed by atoms with Gasteiger partial charge in [-0.15, -0.1) is 0 Å². The first-order valence-corrected chi connectivity index (χ1v) is 19.3. The molecule has 3 amide bonds. The van der Waals surface area contributed by atoms with Gasteiger partial charge in [0.15, 0.2) is 0 Å². The van der Waals surface area contributed by atoms with Crippen LogP contribution in [0.25, 0.3) is 11.0 Å². The van der Waals surface area contributed by atoms with Crippen LogP contribution in [0.3, 0.4) is 0 Å². The molecule has 0 aliphatic heterocycles. The maximum atomic E-state index is 13.4. The molecule has 2 aromatic carbocycles. The van der Waals surface area contributed by atoms with Gasteiger partial charge in [-0.2, -0.15) is 5.10 Å². The minimum atomic E-state index is -0.665. The number of carbonyl (C=O) groups is 4. The quantitative estimate of drug-likeness (QED) is 0.0405. The number of hydrogen-bond donors (Lipinski definition) is 4. The van der Waals surface area contributed by atoms with Gasteiger partial charge in [0.1, 0.15) is 34.0 Å². The van der Waals surface area contributed by atoms with Crippen LogP contribution in [0.15, 0.2) is 42.5 Å². The molecule has 318 valence electrons. The van der Waals surface area contributed by atoms with Crippen LogP contribution in [-0.4, -0.2) is 94.7 Å². The average molecular weight is 808 g/mol. The number of aromatic nitrogens is 4. The number of nitrogens with one attached hydrogen (secondary N) is 2. The molecule has 0 radical (unpaired) electrons. The molecule has 0 saturated carbocycles. The second-order valence-electron chi connectivity index (χ2n) is 13.3. The predicted molar refractivity (Wildman–Crippen MR) is 227 cm³/mol. The number of benzene rings is 2. The first kappa shape index (κ1) is 47.9. The predicted octanol–water partition coefficient (Wildman–Crippen LogP) is 6.65. The normalized spacial score (nSPS) is 10.8. The summed E-state index contributed by atoms with van der Waals surface area (Å²) in [4.78, 5) is 56.3. The van der Waals surface area contributed by atoms with E-state index in [9.17, 15) is 19.2 Å². The van der Waals surface area contributed by atoms with Crippen molar-refractivity contribution < 1.29 is 38.1 Å². The zero-order valence-corrected chi connectivity index (χ0v) is 35.9. The SMILES string of the molecule is CC.CC.CCn1nc(C)cc1C(=O)Nc1nc2cc(C(=O)OC)cc(OC)c2n1C/C=C/CNc1c(N)cc(C(N)=O)cc1OCCCN(C)C(=O)OC(C)(C)C. The van der Waals surface area contributed by atoms with Crippen LogP contribution < -0.4 is 31.6 Å². The number of amides is 3. The minimum Gasteiger partial charge on any atom is -0.494 e. The van der Waals surface area contributed by atoms with Crippen molar-refractivity contribution >= 4 is 52.2 Å². The smallest absolute Gasteiger partial charge is 0.410 e. The van der Waals surface area contributed by atoms with Crippen molar-refractivity contribution in [1.29, 1.82) is 0 Å². The fraction of sp³-hybridized carbons (Fsp3) is 0.463. The molecule has 17 nitrogen and oxygen atoms in total. The van der Waals surface area contributed by atoms with Crippen molar-refractivity contribution in [2.24, 2.45) is 5.73 Å². The van der Waals surface area contributed by atoms with Gasteiger partial charge in [0.25, 0.3) is 5.91 Å². The molecule has 17 heteroatoms. The molecule has 0 aliphatic rings. The third-order valence-electron chi connectivity index (χ3n) is 7.98. The summed E-state index contributed by atoms with van der Waals surface area (Å²) in [7, 11) is 4.39. The highest BCUT2D eigenvalue weighted by molar-refractivity contribution is 6.04. The van der Waals surface area contributed by atoms with Crippen molar-refractivity contribution in [3.05, 3.63) is 65.0 Å². The van der Waals surface area contributed by atoms with E-state index < -0.39 is 29.5 Å². The molecular formula is C41H61N9O8. The van der Waals surface area contributed by atoms with Crippen LogP contribution in [0.1, 0.15) is 98.7 Å². The number of imidazole rings is 1. The number of carbonyl (C=O) groups excluding carboxylic acids is 4. The van der Waals surface area contributed by atoms with Gasteiger partial charge >= 0.3 is 12.1 Å². The summed E-state index contributed by atoms with van der Waals surface area (Å²) in [6.07, 6.45) is 3.71. The van der Waals surface area contributed by atoms with Crippen LogP contribution in [0.4, 0.5) is 22.1 Å². The third-order valence-corrected chi connectivity index (χ3v) is 7.98. The highest BCUT2D eigenvalue weighted by Gasteiger charge is 2.23. The Hall–Kier alpha value is -6.26. The lowest BCUT2D eigenvalue weighted by Gasteiger charge is -2.24. The van der Waals surface area contributed by atoms with E-state index in [2.05, 4.69) is 20.7 Å². The third kappa shape index (κ3) is 12.9. The lowest BCUT2D eigenvalue weighted by molar-refractivity contribution is 0.0291. The molecule has 6 N–H and O–H groups in total. The molecule has 0 atom stereocenters. The number of primary amides is 1. The van der Waals surface area contributed by atoms with Crippen molar-refractivity contribution in [2.75, 3.05) is 57.3 Å². The van der Waals surface area contributed by atoms with E-state index in [1.54, 1.807) is 62.2 Å². The number of methoxy groups -OCH3 is 2. The van der Waals surface area contributed by atoms with Crippen LogP contribution in [0.2, 0.25) is 0 Å². The maximum Gasteiger partial charge on any atom is 0.410 e. The van der Waals surface area contributed by atoms with Crippen LogP contribution in [0.5, 0.6) is 11.5 Å². The zero-order valence-electron chi connectivity index (χ0n) is 35.9. The van der Waals surface area contributed by atoms with Gasteiger partial charge in [0.2, 0.25) is 11.9 Å². The number of nitrogens with zero attached hydrogens (tertiary/aromatic N) is 5. The molecule has 0 saturated heterocycles. The molecule has 4 rings (SSSR count). The van der Waals surface area contributed by atoms with Crippen molar-refractivity contribution in [3.63, 3.8) is 0 Å². The number of fused-ring (bicyclic) bond motifs is 1. The minimum absolute atomic E-state index is 0.178. The molecule has 0 bridgehead atoms. The largest absolute Gasteiger partial charge is 0.494 e. The Morgan fingerprint density at radius 1 is 0.966 bits per heavy atom. The monoisotopic (exact) mass is 807 g/mol. The van der Waals surface area contributed by atoms with Gasteiger partial charge in [0.05, 0.1) is 43.3 Å². The molecule has 0 unspecified atom stereocenters. The first-order chi connectivity index (χ1) is 27.6. The summed E-state index contributed by atoms with van der Waals surface area (Å²) in [6, 6.07) is 7.78. The fourth-order valence-electron chi connectivity index (χ4n) is 5.45. The standard InChI is InChI=1S/C37H49N9O8.2C2H6/c1-9-46-27(17-22(2)43-46)33(48)42-35-41-26-19-24(34(49)52-8)21-29(51-7)31(26)45(35)15-11-10-13-40-30-25(38)18-23(32(39)47)20-28(30)53-16-12-14-44(6)36(50)54-37(3,4)5;2*1-2/h10-11,17-21,40H,9,12-16,38H2,1-8H3,(H2,39,47)(H,41,42,48);2*1-2H3/b11-10+;;. The number of esters is 1. The summed E-state index contributed by atoms with van der Waals surface area (Å²) in [5.41, 5.74) is 14.4. The van der Waals surface area contributed by atoms with Gasteiger partial charge in [-0.25, -0.2) is 14.6 Å². The van der Waals surface area contributed by atoms with Crippen molar-refractivity contribution in [2.45, 2.75) is 87.4 Å². The lowest BCUT2D eigenvalue weighted by atomic mass is 10.1. The molecule has 0 aliphatic carbocycles. The fourth-order valence-corrected chi connectivity index (χ4v) is 5.45. The molecule has 2 heterocycles. The topological polar surface area (TPSA) is 220 Å². The highest BCUT2D eigenvalue weighted by Crippen LogP contribution is 2.33. The van der Waals surface area contributed by atoms with E-state index in [0.29, 0.717) is 59.1 Å². The Balaban J connectivity index is 0.00000281. The number of ether oxygens (including phenoxy) is 4. The van der Waals surface area contributed by atoms with Crippen LogP contribution >= 0.6 is 0 Å². The molecule has 0 fully saturated rings. The number of nitrogen functional groups attached to an aromatic ring is 1. The highest BCUT2D eigenvalue weighted by atomic mass is 16.6. The number of aryl methyl sites for hydroxylation is 2. The van der Waals surface area contributed by atoms with Gasteiger partial charge in [-0.05, 0) is 71.4 Å². The van der Waals surface area contributed by atoms with Gasteiger partial charge < -0.3 is 45.2 Å². The Labute approximate surface area is 341 Å². The van der Waals surface area contributed by atoms with E-state index in [1.165, 1.54) is 31.3 Å². The first-order valence-electron chi connectivity index (χ1n) is 19.3. The lowest BCUT2D eigenvalue weighted by Crippen LogP contribution is -2.35. The van der Waals surface area contributed by atoms with Crippen LogP contribution in [-0.2, 0) is 22.6 Å². The number of anilines is 3. The number of rotatable bonds is 16. The Bertz CT molecular complexity index is 2050. The maximum absolute atomic E-state index is 13.4. The van der Waals surface area contributed by atoms with Crippen LogP contribution in [0, 0.1) is 6.92 Å². The van der Waals surface area contributed by atoms with Gasteiger partial charge in [-0.3, -0.25) is 19.6 Å². The number of hydrogen-bond acceptors (Lipinski definition) is 12. The van der Waals surface area contributed by atoms with Crippen molar-refractivity contribution in [3.8, 4) is 11.5 Å². The summed E-state index contributed by atoms with van der Waals surface area (Å²) in [5.74, 6) is -0.761.